The van der Waals surface area contributed by atoms with Crippen LogP contribution in [0.3, 0.4) is 0 Å². The van der Waals surface area contributed by atoms with Gasteiger partial charge in [-0.1, -0.05) is 34.5 Å². The van der Waals surface area contributed by atoms with Gasteiger partial charge < -0.3 is 4.74 Å². The first-order chi connectivity index (χ1) is 15.3. The predicted octanol–water partition coefficient (Wildman–Crippen LogP) is 5.37. The number of carbonyl (C=O) groups is 1. The number of benzene rings is 2. The van der Waals surface area contributed by atoms with Crippen LogP contribution >= 0.6 is 34.5 Å². The molecule has 32 heavy (non-hydrogen) atoms. The van der Waals surface area contributed by atoms with E-state index in [1.807, 2.05) is 12.1 Å². The van der Waals surface area contributed by atoms with Crippen LogP contribution in [-0.2, 0) is 19.4 Å². The second kappa shape index (κ2) is 10.1. The zero-order valence-corrected chi connectivity index (χ0v) is 20.3. The number of carbonyl (C=O) groups excluding carboxylic acids is 1. The van der Waals surface area contributed by atoms with Gasteiger partial charge in [0.2, 0.25) is 5.91 Å². The van der Waals surface area contributed by atoms with Crippen LogP contribution in [0.4, 0.5) is 5.13 Å². The molecule has 6 nitrogen and oxygen atoms in total. The van der Waals surface area contributed by atoms with E-state index in [0.29, 0.717) is 28.3 Å². The third-order valence-electron chi connectivity index (χ3n) is 5.26. The molecule has 10 heteroatoms. The second-order valence-corrected chi connectivity index (χ2v) is 11.6. The molecule has 170 valence electrons. The summed E-state index contributed by atoms with van der Waals surface area (Å²) in [5, 5.41) is 1.65. The number of ether oxygens (including phenoxy) is 1. The van der Waals surface area contributed by atoms with Gasteiger partial charge >= 0.3 is 0 Å². The van der Waals surface area contributed by atoms with E-state index in [-0.39, 0.29) is 35.5 Å². The average molecular weight is 513 g/mol. The highest BCUT2D eigenvalue weighted by atomic mass is 35.5. The molecule has 1 saturated heterocycles. The smallest absolute Gasteiger partial charge is 0.228 e. The van der Waals surface area contributed by atoms with Gasteiger partial charge in [0.15, 0.2) is 15.0 Å². The Bertz CT molecular complexity index is 1210. The molecule has 1 aromatic heterocycles. The van der Waals surface area contributed by atoms with E-state index in [9.17, 15) is 13.2 Å². The normalized spacial score (nSPS) is 16.5. The maximum Gasteiger partial charge on any atom is 0.228 e. The molecule has 0 radical (unpaired) electrons. The minimum Gasteiger partial charge on any atom is -0.376 e. The Morgan fingerprint density at radius 3 is 2.62 bits per heavy atom. The number of hydrogen-bond donors (Lipinski definition) is 0. The average Bonchev–Trinajstić information content (AvgIpc) is 3.41. The molecule has 1 unspecified atom stereocenters. The van der Waals surface area contributed by atoms with E-state index < -0.39 is 9.84 Å². The van der Waals surface area contributed by atoms with E-state index in [2.05, 4.69) is 4.98 Å². The zero-order valence-electron chi connectivity index (χ0n) is 17.2. The van der Waals surface area contributed by atoms with Crippen molar-refractivity contribution in [3.63, 3.8) is 0 Å². The number of nitrogens with zero attached hydrogens (tertiary/aromatic N) is 2. The molecule has 1 fully saturated rings. The lowest BCUT2D eigenvalue weighted by atomic mass is 10.2. The molecule has 0 N–H and O–H groups in total. The van der Waals surface area contributed by atoms with Gasteiger partial charge in [0.05, 0.1) is 33.5 Å². The van der Waals surface area contributed by atoms with E-state index in [1.165, 1.54) is 23.5 Å². The molecule has 1 atom stereocenters. The number of thiazole rings is 1. The van der Waals surface area contributed by atoms with Gasteiger partial charge in [-0.15, -0.1) is 0 Å². The Morgan fingerprint density at radius 1 is 1.16 bits per heavy atom. The van der Waals surface area contributed by atoms with Crippen molar-refractivity contribution < 1.29 is 17.9 Å². The lowest BCUT2D eigenvalue weighted by Gasteiger charge is -2.23. The van der Waals surface area contributed by atoms with Gasteiger partial charge in [0, 0.05) is 23.1 Å². The molecule has 3 aromatic rings. The third kappa shape index (κ3) is 5.61. The van der Waals surface area contributed by atoms with Crippen LogP contribution in [0.25, 0.3) is 10.2 Å². The van der Waals surface area contributed by atoms with E-state index >= 15 is 0 Å². The highest BCUT2D eigenvalue weighted by Crippen LogP contribution is 2.32. The minimum absolute atomic E-state index is 0.0487. The standard InChI is InChI=1S/C22H22Cl2N2O4S2/c23-15-5-8-18(9-6-15)32(28,29)12-2-4-21(27)26(14-17-3-1-11-30-17)22-25-19-10-7-16(24)13-20(19)31-22/h5-10,13,17H,1-4,11-12,14H2. The lowest BCUT2D eigenvalue weighted by molar-refractivity contribution is -0.119. The maximum atomic E-state index is 13.1. The van der Waals surface area contributed by atoms with Crippen molar-refractivity contribution >= 4 is 65.6 Å². The Morgan fingerprint density at radius 2 is 1.91 bits per heavy atom. The number of rotatable bonds is 8. The summed E-state index contributed by atoms with van der Waals surface area (Å²) >= 11 is 13.3. The fourth-order valence-corrected chi connectivity index (χ4v) is 6.29. The summed E-state index contributed by atoms with van der Waals surface area (Å²) in [6.07, 6.45) is 2.10. The van der Waals surface area contributed by atoms with E-state index in [1.54, 1.807) is 23.1 Å². The van der Waals surface area contributed by atoms with Crippen LogP contribution in [0, 0.1) is 0 Å². The number of anilines is 1. The molecular formula is C22H22Cl2N2O4S2. The van der Waals surface area contributed by atoms with Gasteiger partial charge in [-0.05, 0) is 61.7 Å². The van der Waals surface area contributed by atoms with Gasteiger partial charge in [-0.3, -0.25) is 9.69 Å². The van der Waals surface area contributed by atoms with Gasteiger partial charge in [-0.25, -0.2) is 13.4 Å². The fourth-order valence-electron chi connectivity index (χ4n) is 3.59. The zero-order chi connectivity index (χ0) is 22.7. The summed E-state index contributed by atoms with van der Waals surface area (Å²) in [5.74, 6) is -0.291. The van der Waals surface area contributed by atoms with Crippen LogP contribution < -0.4 is 4.90 Å². The van der Waals surface area contributed by atoms with Crippen LogP contribution in [0.15, 0.2) is 47.4 Å². The number of aromatic nitrogens is 1. The van der Waals surface area contributed by atoms with Crippen LogP contribution in [0.2, 0.25) is 10.0 Å². The summed E-state index contributed by atoms with van der Waals surface area (Å²) in [5.41, 5.74) is 0.768. The van der Waals surface area contributed by atoms with Crippen molar-refractivity contribution in [1.82, 2.24) is 4.98 Å². The first-order valence-electron chi connectivity index (χ1n) is 10.3. The number of hydrogen-bond acceptors (Lipinski definition) is 6. The maximum absolute atomic E-state index is 13.1. The first-order valence-corrected chi connectivity index (χ1v) is 13.5. The molecule has 1 amide bonds. The number of amides is 1. The number of sulfone groups is 1. The predicted molar refractivity (Wildman–Crippen MR) is 129 cm³/mol. The second-order valence-electron chi connectivity index (χ2n) is 7.62. The van der Waals surface area contributed by atoms with Crippen molar-refractivity contribution in [2.75, 3.05) is 23.8 Å². The van der Waals surface area contributed by atoms with Gasteiger partial charge in [0.25, 0.3) is 0 Å². The number of fused-ring (bicyclic) bond motifs is 1. The quantitative estimate of drug-likeness (QED) is 0.405. The summed E-state index contributed by atoms with van der Waals surface area (Å²) in [6.45, 7) is 1.08. The van der Waals surface area contributed by atoms with E-state index in [0.717, 1.165) is 23.1 Å². The molecule has 0 bridgehead atoms. The molecule has 0 saturated carbocycles. The molecule has 0 aliphatic carbocycles. The van der Waals surface area contributed by atoms with Gasteiger partial charge in [0.1, 0.15) is 0 Å². The highest BCUT2D eigenvalue weighted by molar-refractivity contribution is 7.91. The van der Waals surface area contributed by atoms with E-state index in [4.69, 9.17) is 27.9 Å². The summed E-state index contributed by atoms with van der Waals surface area (Å²) < 4.78 is 31.8. The Balaban J connectivity index is 1.47. The largest absolute Gasteiger partial charge is 0.376 e. The molecule has 4 rings (SSSR count). The summed E-state index contributed by atoms with van der Waals surface area (Å²) in [7, 11) is -3.49. The van der Waals surface area contributed by atoms with Crippen LogP contribution in [-0.4, -0.2) is 44.3 Å². The summed E-state index contributed by atoms with van der Waals surface area (Å²) in [6, 6.07) is 11.5. The van der Waals surface area contributed by atoms with Crippen molar-refractivity contribution in [3.05, 3.63) is 52.5 Å². The minimum atomic E-state index is -3.49. The SMILES string of the molecule is O=C(CCCS(=O)(=O)c1ccc(Cl)cc1)N(CC1CCCO1)c1nc2ccc(Cl)cc2s1. The van der Waals surface area contributed by atoms with Crippen molar-refractivity contribution in [2.45, 2.75) is 36.7 Å². The fraction of sp³-hybridized carbons (Fsp3) is 0.364. The Kier molecular flexibility index (Phi) is 7.37. The lowest BCUT2D eigenvalue weighted by Crippen LogP contribution is -2.37. The van der Waals surface area contributed by atoms with Crippen molar-refractivity contribution in [3.8, 4) is 0 Å². The first kappa shape index (κ1) is 23.4. The third-order valence-corrected chi connectivity index (χ3v) is 8.60. The molecule has 2 heterocycles. The summed E-state index contributed by atoms with van der Waals surface area (Å²) in [4.78, 5) is 19.6. The van der Waals surface area contributed by atoms with Crippen molar-refractivity contribution in [1.29, 1.82) is 0 Å². The van der Waals surface area contributed by atoms with Gasteiger partial charge in [-0.2, -0.15) is 0 Å². The highest BCUT2D eigenvalue weighted by Gasteiger charge is 2.26. The van der Waals surface area contributed by atoms with Crippen LogP contribution in [0.5, 0.6) is 0 Å². The number of halogens is 2. The molecule has 1 aliphatic heterocycles. The molecular weight excluding hydrogens is 491 g/mol. The molecule has 0 spiro atoms. The van der Waals surface area contributed by atoms with Crippen LogP contribution in [0.1, 0.15) is 25.7 Å². The molecule has 2 aromatic carbocycles. The monoisotopic (exact) mass is 512 g/mol. The topological polar surface area (TPSA) is 76.6 Å². The Labute approximate surface area is 201 Å². The Hall–Kier alpha value is -1.71. The molecule has 1 aliphatic rings. The van der Waals surface area contributed by atoms with Crippen molar-refractivity contribution in [2.24, 2.45) is 0 Å².